The fourth-order valence-electron chi connectivity index (χ4n) is 2.28. The Kier molecular flexibility index (Phi) is 5.09. The summed E-state index contributed by atoms with van der Waals surface area (Å²) in [6.45, 7) is 3.49. The molecule has 1 unspecified atom stereocenters. The SMILES string of the molecule is CN1CCC(CNC(=O)NCCn2cc(C(=O)O)nn2)C1. The highest BCUT2D eigenvalue weighted by molar-refractivity contribution is 5.84. The number of nitrogens with one attached hydrogen (secondary N) is 2. The Labute approximate surface area is 122 Å². The highest BCUT2D eigenvalue weighted by Crippen LogP contribution is 2.12. The van der Waals surface area contributed by atoms with Gasteiger partial charge in [0.15, 0.2) is 5.69 Å². The van der Waals surface area contributed by atoms with Crippen LogP contribution in [0.25, 0.3) is 0 Å². The van der Waals surface area contributed by atoms with Gasteiger partial charge in [-0.1, -0.05) is 5.21 Å². The lowest BCUT2D eigenvalue weighted by Crippen LogP contribution is -2.40. The third kappa shape index (κ3) is 4.71. The fraction of sp³-hybridized carbons (Fsp3) is 0.667. The van der Waals surface area contributed by atoms with Gasteiger partial charge in [-0.05, 0) is 25.9 Å². The molecule has 0 bridgehead atoms. The normalized spacial score (nSPS) is 18.6. The van der Waals surface area contributed by atoms with Crippen LogP contribution in [0.2, 0.25) is 0 Å². The van der Waals surface area contributed by atoms with Crippen LogP contribution in [-0.4, -0.2) is 70.2 Å². The van der Waals surface area contributed by atoms with Crippen molar-refractivity contribution in [1.29, 1.82) is 0 Å². The van der Waals surface area contributed by atoms with E-state index in [4.69, 9.17) is 5.11 Å². The number of carbonyl (C=O) groups excluding carboxylic acids is 1. The molecule has 1 atom stereocenters. The minimum Gasteiger partial charge on any atom is -0.476 e. The van der Waals surface area contributed by atoms with Crippen molar-refractivity contribution in [2.45, 2.75) is 13.0 Å². The molecular formula is C12H20N6O3. The summed E-state index contributed by atoms with van der Waals surface area (Å²) in [7, 11) is 2.07. The summed E-state index contributed by atoms with van der Waals surface area (Å²) < 4.78 is 1.38. The summed E-state index contributed by atoms with van der Waals surface area (Å²) in [4.78, 5) is 24.5. The van der Waals surface area contributed by atoms with Crippen LogP contribution in [0.1, 0.15) is 16.9 Å². The largest absolute Gasteiger partial charge is 0.476 e. The molecule has 2 amide bonds. The van der Waals surface area contributed by atoms with Gasteiger partial charge in [0.2, 0.25) is 0 Å². The molecule has 0 aliphatic carbocycles. The maximum atomic E-state index is 11.6. The molecule has 0 saturated carbocycles. The van der Waals surface area contributed by atoms with E-state index in [2.05, 4.69) is 32.9 Å². The lowest BCUT2D eigenvalue weighted by Gasteiger charge is -2.12. The van der Waals surface area contributed by atoms with Gasteiger partial charge in [-0.25, -0.2) is 14.3 Å². The van der Waals surface area contributed by atoms with Crippen LogP contribution >= 0.6 is 0 Å². The zero-order valence-corrected chi connectivity index (χ0v) is 11.9. The summed E-state index contributed by atoms with van der Waals surface area (Å²) in [5, 5.41) is 21.4. The number of carbonyl (C=O) groups is 2. The molecule has 116 valence electrons. The minimum atomic E-state index is -1.12. The van der Waals surface area contributed by atoms with Gasteiger partial charge in [0, 0.05) is 19.6 Å². The van der Waals surface area contributed by atoms with E-state index >= 15 is 0 Å². The Morgan fingerprint density at radius 1 is 1.48 bits per heavy atom. The minimum absolute atomic E-state index is 0.107. The first kappa shape index (κ1) is 15.2. The van der Waals surface area contributed by atoms with Crippen molar-refractivity contribution in [1.82, 2.24) is 30.5 Å². The van der Waals surface area contributed by atoms with Crippen LogP contribution in [0.5, 0.6) is 0 Å². The molecular weight excluding hydrogens is 276 g/mol. The van der Waals surface area contributed by atoms with E-state index in [1.807, 2.05) is 0 Å². The van der Waals surface area contributed by atoms with Crippen molar-refractivity contribution < 1.29 is 14.7 Å². The third-order valence-electron chi connectivity index (χ3n) is 3.42. The Morgan fingerprint density at radius 2 is 2.29 bits per heavy atom. The van der Waals surface area contributed by atoms with Crippen molar-refractivity contribution in [3.8, 4) is 0 Å². The van der Waals surface area contributed by atoms with Gasteiger partial charge < -0.3 is 20.6 Å². The van der Waals surface area contributed by atoms with Gasteiger partial charge in [0.1, 0.15) is 0 Å². The number of likely N-dealkylation sites (tertiary alicyclic amines) is 1. The molecule has 0 aromatic carbocycles. The summed E-state index contributed by atoms with van der Waals surface area (Å²) in [5.41, 5.74) is -0.107. The number of carboxylic acids is 1. The van der Waals surface area contributed by atoms with E-state index in [-0.39, 0.29) is 11.7 Å². The number of nitrogens with zero attached hydrogens (tertiary/aromatic N) is 4. The monoisotopic (exact) mass is 296 g/mol. The van der Waals surface area contributed by atoms with Gasteiger partial charge in [-0.2, -0.15) is 0 Å². The number of amides is 2. The van der Waals surface area contributed by atoms with Crippen molar-refractivity contribution >= 4 is 12.0 Å². The number of hydrogen-bond donors (Lipinski definition) is 3. The molecule has 9 heteroatoms. The smallest absolute Gasteiger partial charge is 0.358 e. The average Bonchev–Trinajstić information content (AvgIpc) is 3.05. The first-order valence-electron chi connectivity index (χ1n) is 6.88. The third-order valence-corrected chi connectivity index (χ3v) is 3.42. The number of hydrogen-bond acceptors (Lipinski definition) is 5. The van der Waals surface area contributed by atoms with Crippen LogP contribution in [-0.2, 0) is 6.54 Å². The second kappa shape index (κ2) is 7.02. The maximum Gasteiger partial charge on any atom is 0.358 e. The number of aromatic carboxylic acids is 1. The highest BCUT2D eigenvalue weighted by atomic mass is 16.4. The summed E-state index contributed by atoms with van der Waals surface area (Å²) in [6, 6.07) is -0.219. The Morgan fingerprint density at radius 3 is 2.90 bits per heavy atom. The standard InChI is InChI=1S/C12H20N6O3/c1-17-4-2-9(7-17)6-14-12(21)13-3-5-18-8-10(11(19)20)15-16-18/h8-9H,2-7H2,1H3,(H,19,20)(H2,13,14,21). The molecule has 2 heterocycles. The number of urea groups is 1. The van der Waals surface area contributed by atoms with Crippen molar-refractivity contribution in [2.24, 2.45) is 5.92 Å². The van der Waals surface area contributed by atoms with E-state index in [1.165, 1.54) is 10.9 Å². The van der Waals surface area contributed by atoms with Crippen molar-refractivity contribution in [2.75, 3.05) is 33.2 Å². The number of aromatic nitrogens is 3. The predicted octanol–water partition coefficient (Wildman–Crippen LogP) is -0.773. The number of carboxylic acid groups (broad SMARTS) is 1. The van der Waals surface area contributed by atoms with Gasteiger partial charge in [-0.15, -0.1) is 5.10 Å². The Bertz CT molecular complexity index is 503. The lowest BCUT2D eigenvalue weighted by molar-refractivity contribution is 0.0690. The molecule has 1 aliphatic rings. The van der Waals surface area contributed by atoms with E-state index in [1.54, 1.807) is 0 Å². The maximum absolute atomic E-state index is 11.6. The average molecular weight is 296 g/mol. The number of rotatable bonds is 6. The second-order valence-corrected chi connectivity index (χ2v) is 5.23. The molecule has 2 rings (SSSR count). The highest BCUT2D eigenvalue weighted by Gasteiger charge is 2.19. The van der Waals surface area contributed by atoms with Gasteiger partial charge in [0.25, 0.3) is 0 Å². The molecule has 1 aromatic rings. The van der Waals surface area contributed by atoms with Crippen molar-refractivity contribution in [3.63, 3.8) is 0 Å². The topological polar surface area (TPSA) is 112 Å². The Balaban J connectivity index is 1.61. The molecule has 1 aliphatic heterocycles. The molecule has 9 nitrogen and oxygen atoms in total. The predicted molar refractivity (Wildman–Crippen MR) is 74.0 cm³/mol. The first-order chi connectivity index (χ1) is 10.0. The molecule has 0 radical (unpaired) electrons. The molecule has 1 fully saturated rings. The molecule has 1 saturated heterocycles. The van der Waals surface area contributed by atoms with E-state index in [0.717, 1.165) is 19.5 Å². The van der Waals surface area contributed by atoms with Gasteiger partial charge >= 0.3 is 12.0 Å². The van der Waals surface area contributed by atoms with Crippen LogP contribution in [0.4, 0.5) is 4.79 Å². The van der Waals surface area contributed by atoms with Crippen LogP contribution in [0, 0.1) is 5.92 Å². The Hall–Kier alpha value is -2.16. The zero-order chi connectivity index (χ0) is 15.2. The van der Waals surface area contributed by atoms with Crippen LogP contribution in [0.3, 0.4) is 0 Å². The molecule has 3 N–H and O–H groups in total. The molecule has 0 spiro atoms. The van der Waals surface area contributed by atoms with Gasteiger partial charge in [0.05, 0.1) is 12.7 Å². The summed E-state index contributed by atoms with van der Waals surface area (Å²) in [5.74, 6) is -0.609. The van der Waals surface area contributed by atoms with E-state index < -0.39 is 5.97 Å². The molecule has 21 heavy (non-hydrogen) atoms. The summed E-state index contributed by atoms with van der Waals surface area (Å²) in [6.07, 6.45) is 2.43. The quantitative estimate of drug-likeness (QED) is 0.635. The van der Waals surface area contributed by atoms with E-state index in [0.29, 0.717) is 25.6 Å². The fourth-order valence-corrected chi connectivity index (χ4v) is 2.28. The lowest BCUT2D eigenvalue weighted by atomic mass is 10.1. The first-order valence-corrected chi connectivity index (χ1v) is 6.88. The second-order valence-electron chi connectivity index (χ2n) is 5.23. The van der Waals surface area contributed by atoms with Crippen LogP contribution in [0.15, 0.2) is 6.20 Å². The van der Waals surface area contributed by atoms with E-state index in [9.17, 15) is 9.59 Å². The molecule has 1 aromatic heterocycles. The van der Waals surface area contributed by atoms with Crippen LogP contribution < -0.4 is 10.6 Å². The summed E-state index contributed by atoms with van der Waals surface area (Å²) >= 11 is 0. The zero-order valence-electron chi connectivity index (χ0n) is 11.9. The van der Waals surface area contributed by atoms with Gasteiger partial charge in [-0.3, -0.25) is 0 Å². The van der Waals surface area contributed by atoms with Crippen molar-refractivity contribution in [3.05, 3.63) is 11.9 Å².